The van der Waals surface area contributed by atoms with Gasteiger partial charge >= 0.3 is 12.0 Å². The van der Waals surface area contributed by atoms with Gasteiger partial charge in [-0.25, -0.2) is 9.59 Å². The van der Waals surface area contributed by atoms with Crippen molar-refractivity contribution in [2.45, 2.75) is 37.3 Å². The Balaban J connectivity index is 2.00. The zero-order valence-corrected chi connectivity index (χ0v) is 10.6. The van der Waals surface area contributed by atoms with Gasteiger partial charge in [-0.05, 0) is 12.8 Å². The third-order valence-electron chi connectivity index (χ3n) is 3.71. The fourth-order valence-corrected chi connectivity index (χ4v) is 2.57. The number of rotatable bonds is 2. The Morgan fingerprint density at radius 2 is 2.11 bits per heavy atom. The molecule has 1 atom stereocenters. The van der Waals surface area contributed by atoms with Crippen molar-refractivity contribution in [1.82, 2.24) is 10.2 Å². The first-order chi connectivity index (χ1) is 9.07. The first kappa shape index (κ1) is 13.6. The number of urea groups is 1. The average molecular weight is 267 g/mol. The van der Waals surface area contributed by atoms with Crippen LogP contribution >= 0.6 is 0 Å². The molecule has 0 aromatic carbocycles. The Kier molecular flexibility index (Phi) is 3.90. The number of nitrogens with zero attached hydrogens (tertiary/aromatic N) is 2. The molecule has 1 saturated carbocycles. The van der Waals surface area contributed by atoms with Gasteiger partial charge in [-0.2, -0.15) is 5.26 Å². The van der Waals surface area contributed by atoms with E-state index in [-0.39, 0.29) is 6.54 Å². The van der Waals surface area contributed by atoms with Gasteiger partial charge in [-0.15, -0.1) is 0 Å². The molecule has 0 spiro atoms. The minimum Gasteiger partial charge on any atom is -0.480 e. The summed E-state index contributed by atoms with van der Waals surface area (Å²) in [5.74, 6) is -0.983. The van der Waals surface area contributed by atoms with Gasteiger partial charge in [0.15, 0.2) is 6.10 Å². The predicted molar refractivity (Wildman–Crippen MR) is 64.3 cm³/mol. The van der Waals surface area contributed by atoms with Crippen LogP contribution in [0.2, 0.25) is 0 Å². The minimum absolute atomic E-state index is 0.179. The van der Waals surface area contributed by atoms with E-state index in [0.29, 0.717) is 26.0 Å². The number of carbonyl (C=O) groups is 2. The number of nitrogens with one attached hydrogen (secondary N) is 1. The zero-order valence-electron chi connectivity index (χ0n) is 10.6. The Labute approximate surface area is 111 Å². The van der Waals surface area contributed by atoms with E-state index in [0.717, 1.165) is 12.8 Å². The zero-order chi connectivity index (χ0) is 13.9. The predicted octanol–water partition coefficient (Wildman–Crippen LogP) is 0.318. The van der Waals surface area contributed by atoms with E-state index < -0.39 is 23.6 Å². The largest absolute Gasteiger partial charge is 0.480 e. The van der Waals surface area contributed by atoms with Crippen LogP contribution < -0.4 is 5.32 Å². The summed E-state index contributed by atoms with van der Waals surface area (Å²) in [7, 11) is 0. The molecule has 7 nitrogen and oxygen atoms in total. The Bertz CT molecular complexity index is 412. The summed E-state index contributed by atoms with van der Waals surface area (Å²) < 4.78 is 5.15. The quantitative estimate of drug-likeness (QED) is 0.750. The molecule has 19 heavy (non-hydrogen) atoms. The average Bonchev–Trinajstić information content (AvgIpc) is 2.88. The number of carbonyl (C=O) groups excluding carboxylic acids is 1. The molecule has 7 heteroatoms. The number of morpholine rings is 1. The Morgan fingerprint density at radius 3 is 2.68 bits per heavy atom. The number of aliphatic carboxylic acids is 1. The monoisotopic (exact) mass is 267 g/mol. The number of carboxylic acids is 1. The fourth-order valence-electron chi connectivity index (χ4n) is 2.57. The molecule has 2 fully saturated rings. The molecule has 2 rings (SSSR count). The summed E-state index contributed by atoms with van der Waals surface area (Å²) in [5, 5.41) is 20.7. The smallest absolute Gasteiger partial charge is 0.329 e. The summed E-state index contributed by atoms with van der Waals surface area (Å²) in [5.41, 5.74) is -1.14. The van der Waals surface area contributed by atoms with Gasteiger partial charge in [-0.3, -0.25) is 0 Å². The molecule has 2 amide bonds. The highest BCUT2D eigenvalue weighted by molar-refractivity contribution is 5.86. The van der Waals surface area contributed by atoms with Crippen LogP contribution in [0.4, 0.5) is 4.79 Å². The summed E-state index contributed by atoms with van der Waals surface area (Å²) in [4.78, 5) is 24.9. The van der Waals surface area contributed by atoms with Gasteiger partial charge in [0.25, 0.3) is 0 Å². The van der Waals surface area contributed by atoms with Gasteiger partial charge in [-0.1, -0.05) is 12.8 Å². The molecule has 1 saturated heterocycles. The maximum absolute atomic E-state index is 12.1. The molecular weight excluding hydrogens is 250 g/mol. The second kappa shape index (κ2) is 5.45. The first-order valence-electron chi connectivity index (χ1n) is 6.39. The van der Waals surface area contributed by atoms with Crippen LogP contribution in [0.5, 0.6) is 0 Å². The van der Waals surface area contributed by atoms with Crippen LogP contribution in [-0.4, -0.2) is 53.3 Å². The molecule has 1 heterocycles. The number of hydrogen-bond donors (Lipinski definition) is 2. The number of nitriles is 1. The second-order valence-electron chi connectivity index (χ2n) is 4.96. The third-order valence-corrected chi connectivity index (χ3v) is 3.71. The SMILES string of the molecule is N#CC1CN(C(=O)NC2(C(=O)O)CCCC2)CCO1. The van der Waals surface area contributed by atoms with E-state index in [1.807, 2.05) is 6.07 Å². The topological polar surface area (TPSA) is 103 Å². The van der Waals surface area contributed by atoms with Crippen LogP contribution in [0.25, 0.3) is 0 Å². The summed E-state index contributed by atoms with van der Waals surface area (Å²) >= 11 is 0. The molecule has 2 N–H and O–H groups in total. The molecular formula is C12H17N3O4. The van der Waals surface area contributed by atoms with Crippen molar-refractivity contribution in [2.75, 3.05) is 19.7 Å². The van der Waals surface area contributed by atoms with E-state index in [2.05, 4.69) is 5.32 Å². The molecule has 0 radical (unpaired) electrons. The minimum atomic E-state index is -1.14. The Morgan fingerprint density at radius 1 is 1.42 bits per heavy atom. The van der Waals surface area contributed by atoms with Crippen molar-refractivity contribution in [2.24, 2.45) is 0 Å². The van der Waals surface area contributed by atoms with Gasteiger partial charge in [0.1, 0.15) is 5.54 Å². The van der Waals surface area contributed by atoms with Gasteiger partial charge in [0.05, 0.1) is 19.2 Å². The van der Waals surface area contributed by atoms with Crippen molar-refractivity contribution >= 4 is 12.0 Å². The standard InChI is InChI=1S/C12H17N3O4/c13-7-9-8-15(5-6-19-9)11(18)14-12(10(16)17)3-1-2-4-12/h9H,1-6,8H2,(H,14,18)(H,16,17). The van der Waals surface area contributed by atoms with Crippen molar-refractivity contribution in [3.8, 4) is 6.07 Å². The lowest BCUT2D eigenvalue weighted by molar-refractivity contribution is -0.144. The van der Waals surface area contributed by atoms with Crippen LogP contribution in [-0.2, 0) is 9.53 Å². The molecule has 0 aromatic rings. The number of carboxylic acid groups (broad SMARTS) is 1. The maximum atomic E-state index is 12.1. The molecule has 0 aromatic heterocycles. The number of ether oxygens (including phenoxy) is 1. The molecule has 104 valence electrons. The van der Waals surface area contributed by atoms with E-state index >= 15 is 0 Å². The Hall–Kier alpha value is -1.81. The highest BCUT2D eigenvalue weighted by Gasteiger charge is 2.43. The van der Waals surface area contributed by atoms with Crippen molar-refractivity contribution in [1.29, 1.82) is 5.26 Å². The summed E-state index contributed by atoms with van der Waals surface area (Å²) in [6.45, 7) is 0.851. The van der Waals surface area contributed by atoms with Crippen molar-refractivity contribution in [3.05, 3.63) is 0 Å². The van der Waals surface area contributed by atoms with Gasteiger partial charge in [0, 0.05) is 6.54 Å². The molecule has 1 aliphatic carbocycles. The lowest BCUT2D eigenvalue weighted by Crippen LogP contribution is -2.58. The lowest BCUT2D eigenvalue weighted by Gasteiger charge is -2.33. The summed E-state index contributed by atoms with van der Waals surface area (Å²) in [6.07, 6.45) is 1.89. The van der Waals surface area contributed by atoms with Gasteiger partial charge < -0.3 is 20.1 Å². The maximum Gasteiger partial charge on any atom is 0.329 e. The van der Waals surface area contributed by atoms with E-state index in [1.165, 1.54) is 4.90 Å². The van der Waals surface area contributed by atoms with E-state index in [9.17, 15) is 14.7 Å². The number of amides is 2. The highest BCUT2D eigenvalue weighted by Crippen LogP contribution is 2.30. The molecule has 1 unspecified atom stereocenters. The normalized spacial score (nSPS) is 25.6. The van der Waals surface area contributed by atoms with Crippen molar-refractivity contribution < 1.29 is 19.4 Å². The van der Waals surface area contributed by atoms with Crippen LogP contribution in [0.15, 0.2) is 0 Å². The summed E-state index contributed by atoms with van der Waals surface area (Å²) in [6, 6.07) is 1.53. The lowest BCUT2D eigenvalue weighted by atomic mass is 9.98. The van der Waals surface area contributed by atoms with Crippen LogP contribution in [0.3, 0.4) is 0 Å². The highest BCUT2D eigenvalue weighted by atomic mass is 16.5. The molecule has 1 aliphatic heterocycles. The van der Waals surface area contributed by atoms with Crippen LogP contribution in [0, 0.1) is 11.3 Å². The molecule has 2 aliphatic rings. The second-order valence-corrected chi connectivity index (χ2v) is 4.96. The molecule has 0 bridgehead atoms. The third kappa shape index (κ3) is 2.79. The number of hydrogen-bond acceptors (Lipinski definition) is 4. The fraction of sp³-hybridized carbons (Fsp3) is 0.750. The van der Waals surface area contributed by atoms with Gasteiger partial charge in [0.2, 0.25) is 0 Å². The van der Waals surface area contributed by atoms with Crippen LogP contribution in [0.1, 0.15) is 25.7 Å². The van der Waals surface area contributed by atoms with E-state index in [4.69, 9.17) is 10.00 Å². The van der Waals surface area contributed by atoms with E-state index in [1.54, 1.807) is 0 Å². The van der Waals surface area contributed by atoms with Crippen molar-refractivity contribution in [3.63, 3.8) is 0 Å². The first-order valence-corrected chi connectivity index (χ1v) is 6.39.